The monoisotopic (exact) mass is 475 g/mol. The van der Waals surface area contributed by atoms with Crippen molar-refractivity contribution in [2.24, 2.45) is 0 Å². The van der Waals surface area contributed by atoms with Crippen molar-refractivity contribution in [3.8, 4) is 5.75 Å². The molecule has 1 saturated heterocycles. The Bertz CT molecular complexity index is 1210. The van der Waals surface area contributed by atoms with Gasteiger partial charge in [-0.1, -0.05) is 79.7 Å². The molecule has 0 spiro atoms. The predicted octanol–water partition coefficient (Wildman–Crippen LogP) is 3.92. The minimum absolute atomic E-state index is 0.0419. The Balaban J connectivity index is 1.49. The van der Waals surface area contributed by atoms with Crippen molar-refractivity contribution in [1.82, 2.24) is 15.5 Å². The first-order valence-corrected chi connectivity index (χ1v) is 11.4. The molecule has 0 aromatic heterocycles. The first kappa shape index (κ1) is 23.9. The van der Waals surface area contributed by atoms with Crippen LogP contribution in [0.2, 0.25) is 0 Å². The zero-order valence-corrected chi connectivity index (χ0v) is 19.2. The van der Waals surface area contributed by atoms with E-state index in [1.165, 1.54) is 12.1 Å². The molecule has 35 heavy (non-hydrogen) atoms. The highest BCUT2D eigenvalue weighted by Crippen LogP contribution is 2.32. The van der Waals surface area contributed by atoms with Crippen LogP contribution in [0.5, 0.6) is 5.75 Å². The van der Waals surface area contributed by atoms with Crippen LogP contribution in [0, 0.1) is 5.82 Å². The number of benzene rings is 3. The minimum Gasteiger partial charge on any atom is -0.488 e. The summed E-state index contributed by atoms with van der Waals surface area (Å²) >= 11 is 0. The van der Waals surface area contributed by atoms with E-state index in [1.54, 1.807) is 55.5 Å². The Labute approximate surface area is 202 Å². The van der Waals surface area contributed by atoms with Gasteiger partial charge in [-0.15, -0.1) is 0 Å². The molecule has 0 aliphatic carbocycles. The van der Waals surface area contributed by atoms with Gasteiger partial charge in [0.15, 0.2) is 11.6 Å². The minimum atomic E-state index is -1.22. The molecule has 1 fully saturated rings. The van der Waals surface area contributed by atoms with Crippen LogP contribution < -0.4 is 15.4 Å². The summed E-state index contributed by atoms with van der Waals surface area (Å²) in [6, 6.07) is 22.8. The largest absolute Gasteiger partial charge is 0.488 e. The molecule has 4 rings (SSSR count). The molecule has 1 heterocycles. The van der Waals surface area contributed by atoms with Crippen LogP contribution in [-0.4, -0.2) is 35.9 Å². The van der Waals surface area contributed by atoms with Gasteiger partial charge in [-0.2, -0.15) is 0 Å². The van der Waals surface area contributed by atoms with E-state index in [1.807, 2.05) is 24.3 Å². The number of nitrogens with one attached hydrogen (secondary N) is 2. The van der Waals surface area contributed by atoms with E-state index < -0.39 is 41.8 Å². The average Bonchev–Trinajstić information content (AvgIpc) is 3.13. The van der Waals surface area contributed by atoms with Crippen LogP contribution >= 0.6 is 0 Å². The molecular formula is C27H26FN3O4. The fraction of sp³-hybridized carbons (Fsp3) is 0.222. The molecule has 3 aromatic carbocycles. The van der Waals surface area contributed by atoms with E-state index in [9.17, 15) is 18.8 Å². The number of hydrogen-bond donors (Lipinski definition) is 2. The molecule has 2 atom stereocenters. The standard InChI is InChI=1S/C27H26FN3O4/c1-2-27(20-13-7-4-8-14-20)25(33)31(26(34)30-27)17-24(32)29-22(19-11-5-3-6-12-19)18-35-23-16-10-9-15-21(23)28/h3-16,22H,2,17-18H2,1H3,(H,29,32)(H,30,34). The molecular weight excluding hydrogens is 449 g/mol. The maximum atomic E-state index is 14.0. The second-order valence-corrected chi connectivity index (χ2v) is 8.22. The van der Waals surface area contributed by atoms with Gasteiger partial charge in [0.25, 0.3) is 5.91 Å². The molecule has 1 aliphatic rings. The van der Waals surface area contributed by atoms with Crippen molar-refractivity contribution in [1.29, 1.82) is 0 Å². The Morgan fingerprint density at radius 1 is 1.00 bits per heavy atom. The van der Waals surface area contributed by atoms with Crippen molar-refractivity contribution < 1.29 is 23.5 Å². The summed E-state index contributed by atoms with van der Waals surface area (Å²) in [6.07, 6.45) is 0.336. The smallest absolute Gasteiger partial charge is 0.325 e. The van der Waals surface area contributed by atoms with Crippen LogP contribution in [0.4, 0.5) is 9.18 Å². The van der Waals surface area contributed by atoms with Gasteiger partial charge in [0.2, 0.25) is 5.91 Å². The third-order valence-corrected chi connectivity index (χ3v) is 6.05. The SMILES string of the molecule is CCC1(c2ccccc2)NC(=O)N(CC(=O)NC(COc2ccccc2F)c2ccccc2)C1=O. The lowest BCUT2D eigenvalue weighted by Gasteiger charge is -2.26. The highest BCUT2D eigenvalue weighted by molar-refractivity contribution is 6.09. The van der Waals surface area contributed by atoms with Crippen LogP contribution in [0.15, 0.2) is 84.9 Å². The quantitative estimate of drug-likeness (QED) is 0.459. The first-order valence-electron chi connectivity index (χ1n) is 11.4. The van der Waals surface area contributed by atoms with E-state index in [-0.39, 0.29) is 12.4 Å². The third kappa shape index (κ3) is 5.01. The number of amides is 4. The van der Waals surface area contributed by atoms with Crippen molar-refractivity contribution in [3.63, 3.8) is 0 Å². The van der Waals surface area contributed by atoms with Gasteiger partial charge in [-0.3, -0.25) is 14.5 Å². The van der Waals surface area contributed by atoms with Gasteiger partial charge >= 0.3 is 6.03 Å². The molecule has 180 valence electrons. The van der Waals surface area contributed by atoms with Crippen molar-refractivity contribution in [2.45, 2.75) is 24.9 Å². The summed E-state index contributed by atoms with van der Waals surface area (Å²) in [5.41, 5.74) is 0.177. The van der Waals surface area contributed by atoms with Crippen LogP contribution in [0.1, 0.15) is 30.5 Å². The van der Waals surface area contributed by atoms with E-state index >= 15 is 0 Å². The summed E-state index contributed by atoms with van der Waals surface area (Å²) in [6.45, 7) is 1.31. The Hall–Kier alpha value is -4.20. The number of hydrogen-bond acceptors (Lipinski definition) is 4. The number of ether oxygens (including phenoxy) is 1. The Morgan fingerprint density at radius 2 is 1.63 bits per heavy atom. The molecule has 0 radical (unpaired) electrons. The summed E-state index contributed by atoms with van der Waals surface area (Å²) in [5, 5.41) is 5.58. The number of carbonyl (C=O) groups is 3. The molecule has 2 unspecified atom stereocenters. The second-order valence-electron chi connectivity index (χ2n) is 8.22. The number of imide groups is 1. The highest BCUT2D eigenvalue weighted by Gasteiger charge is 2.51. The number of para-hydroxylation sites is 1. The number of urea groups is 1. The van der Waals surface area contributed by atoms with Gasteiger partial charge in [-0.25, -0.2) is 9.18 Å². The summed E-state index contributed by atoms with van der Waals surface area (Å²) in [4.78, 5) is 39.9. The van der Waals surface area contributed by atoms with Gasteiger partial charge < -0.3 is 15.4 Å². The van der Waals surface area contributed by atoms with Gasteiger partial charge in [0, 0.05) is 0 Å². The summed E-state index contributed by atoms with van der Waals surface area (Å²) < 4.78 is 19.6. The molecule has 3 aromatic rings. The van der Waals surface area contributed by atoms with Gasteiger partial charge in [-0.05, 0) is 29.7 Å². The van der Waals surface area contributed by atoms with Crippen LogP contribution in [0.3, 0.4) is 0 Å². The number of nitrogens with zero attached hydrogens (tertiary/aromatic N) is 1. The maximum Gasteiger partial charge on any atom is 0.325 e. The molecule has 4 amide bonds. The molecule has 2 N–H and O–H groups in total. The lowest BCUT2D eigenvalue weighted by molar-refractivity contribution is -0.135. The van der Waals surface area contributed by atoms with E-state index in [2.05, 4.69) is 10.6 Å². The lowest BCUT2D eigenvalue weighted by atomic mass is 9.87. The molecule has 0 saturated carbocycles. The van der Waals surface area contributed by atoms with E-state index in [4.69, 9.17) is 4.74 Å². The molecule has 7 nitrogen and oxygen atoms in total. The predicted molar refractivity (Wildman–Crippen MR) is 128 cm³/mol. The molecule has 1 aliphatic heterocycles. The van der Waals surface area contributed by atoms with Crippen molar-refractivity contribution >= 4 is 17.8 Å². The zero-order valence-electron chi connectivity index (χ0n) is 19.2. The van der Waals surface area contributed by atoms with Crippen LogP contribution in [0.25, 0.3) is 0 Å². The molecule has 0 bridgehead atoms. The van der Waals surface area contributed by atoms with Crippen molar-refractivity contribution in [3.05, 3.63) is 102 Å². The number of rotatable bonds is 9. The van der Waals surface area contributed by atoms with Gasteiger partial charge in [0.1, 0.15) is 18.7 Å². The zero-order chi connectivity index (χ0) is 24.8. The summed E-state index contributed by atoms with van der Waals surface area (Å²) in [7, 11) is 0. The Morgan fingerprint density at radius 3 is 2.29 bits per heavy atom. The maximum absolute atomic E-state index is 14.0. The second kappa shape index (κ2) is 10.4. The first-order chi connectivity index (χ1) is 16.9. The fourth-order valence-electron chi connectivity index (χ4n) is 4.16. The lowest BCUT2D eigenvalue weighted by Crippen LogP contribution is -2.45. The van der Waals surface area contributed by atoms with Crippen LogP contribution in [-0.2, 0) is 15.1 Å². The van der Waals surface area contributed by atoms with Gasteiger partial charge in [0.05, 0.1) is 6.04 Å². The fourth-order valence-corrected chi connectivity index (χ4v) is 4.16. The average molecular weight is 476 g/mol. The number of carbonyl (C=O) groups excluding carboxylic acids is 3. The van der Waals surface area contributed by atoms with E-state index in [0.29, 0.717) is 12.0 Å². The highest BCUT2D eigenvalue weighted by atomic mass is 19.1. The number of halogens is 1. The third-order valence-electron chi connectivity index (χ3n) is 6.05. The molecule has 8 heteroatoms. The van der Waals surface area contributed by atoms with E-state index in [0.717, 1.165) is 10.5 Å². The summed E-state index contributed by atoms with van der Waals surface area (Å²) in [5.74, 6) is -1.47. The Kier molecular flexibility index (Phi) is 7.10. The normalized spacial score (nSPS) is 18.2. The van der Waals surface area contributed by atoms with Crippen molar-refractivity contribution in [2.75, 3.05) is 13.2 Å². The topological polar surface area (TPSA) is 87.7 Å².